The van der Waals surface area contributed by atoms with E-state index in [1.54, 1.807) is 0 Å². The van der Waals surface area contributed by atoms with Gasteiger partial charge in [0.25, 0.3) is 0 Å². The zero-order chi connectivity index (χ0) is 29.8. The minimum Gasteiger partial charge on any atom is -0.280 e. The standard InChI is InChI=1S/C42H32N2S/c1-3-14-32(15-4-1)34-20-11-13-31(27-34)25-26-45(38-22-12-21-35(28-38)33-16-5-2-6-17-33)43-39-23-9-7-18-36(39)29-41(43)42-30-37-19-8-10-24-40(37)44(42)45/h1-24,27-30H,25-26H2. The molecule has 0 atom stereocenters. The molecular weight excluding hydrogens is 565 g/mol. The molecule has 0 aliphatic carbocycles. The lowest BCUT2D eigenvalue weighted by Crippen LogP contribution is -2.20. The van der Waals surface area contributed by atoms with Crippen molar-refractivity contribution in [3.63, 3.8) is 0 Å². The summed E-state index contributed by atoms with van der Waals surface area (Å²) in [5.74, 6) is 0.987. The lowest BCUT2D eigenvalue weighted by molar-refractivity contribution is 1.09. The topological polar surface area (TPSA) is 9.86 Å². The summed E-state index contributed by atoms with van der Waals surface area (Å²) >= 11 is 0. The lowest BCUT2D eigenvalue weighted by Gasteiger charge is -2.42. The van der Waals surface area contributed by atoms with E-state index in [1.165, 1.54) is 65.9 Å². The van der Waals surface area contributed by atoms with Crippen LogP contribution in [0.25, 0.3) is 55.4 Å². The molecule has 6 aromatic carbocycles. The lowest BCUT2D eigenvalue weighted by atomic mass is 10.0. The summed E-state index contributed by atoms with van der Waals surface area (Å²) in [6.45, 7) is 0. The van der Waals surface area contributed by atoms with Gasteiger partial charge in [-0.25, -0.2) is 0 Å². The number of aromatic nitrogens is 2. The second-order valence-electron chi connectivity index (χ2n) is 11.8. The van der Waals surface area contributed by atoms with E-state index >= 15 is 0 Å². The van der Waals surface area contributed by atoms with Crippen LogP contribution >= 0.6 is 10.4 Å². The van der Waals surface area contributed by atoms with Crippen molar-refractivity contribution in [3.8, 4) is 33.6 Å². The van der Waals surface area contributed by atoms with Crippen molar-refractivity contribution in [2.75, 3.05) is 5.75 Å². The average molecular weight is 597 g/mol. The summed E-state index contributed by atoms with van der Waals surface area (Å²) in [5, 5.41) is 2.59. The predicted molar refractivity (Wildman–Crippen MR) is 192 cm³/mol. The van der Waals surface area contributed by atoms with E-state index in [4.69, 9.17) is 0 Å². The van der Waals surface area contributed by atoms with Gasteiger partial charge in [0, 0.05) is 21.4 Å². The van der Waals surface area contributed by atoms with E-state index in [0.29, 0.717) is 0 Å². The maximum absolute atomic E-state index is 2.72. The Bertz CT molecular complexity index is 2250. The summed E-state index contributed by atoms with van der Waals surface area (Å²) in [7, 11) is -1.80. The number of fused-ring (bicyclic) bond motifs is 7. The van der Waals surface area contributed by atoms with Gasteiger partial charge in [-0.1, -0.05) is 144 Å². The number of nitrogens with zero attached hydrogens (tertiary/aromatic N) is 2. The minimum absolute atomic E-state index is 0.962. The van der Waals surface area contributed by atoms with Crippen LogP contribution in [0.3, 0.4) is 0 Å². The number of rotatable bonds is 6. The van der Waals surface area contributed by atoms with Crippen molar-refractivity contribution in [3.05, 3.63) is 175 Å². The fourth-order valence-electron chi connectivity index (χ4n) is 7.17. The minimum atomic E-state index is -1.80. The van der Waals surface area contributed by atoms with Gasteiger partial charge in [-0.15, -0.1) is 0 Å². The number of hydrogen-bond donors (Lipinski definition) is 0. The van der Waals surface area contributed by atoms with Gasteiger partial charge in [-0.2, -0.15) is 0 Å². The molecule has 2 nitrogen and oxygen atoms in total. The predicted octanol–water partition coefficient (Wildman–Crippen LogP) is 11.2. The van der Waals surface area contributed by atoms with Crippen LogP contribution in [0.2, 0.25) is 0 Å². The van der Waals surface area contributed by atoms with Crippen LogP contribution in [0.15, 0.2) is 175 Å². The van der Waals surface area contributed by atoms with Crippen LogP contribution in [0.5, 0.6) is 0 Å². The van der Waals surface area contributed by atoms with Crippen molar-refractivity contribution in [2.24, 2.45) is 0 Å². The molecule has 8 aromatic rings. The summed E-state index contributed by atoms with van der Waals surface area (Å²) in [6, 6.07) is 62.7. The molecule has 0 N–H and O–H groups in total. The molecular formula is C42H32N2S. The highest BCUT2D eigenvalue weighted by molar-refractivity contribution is 8.31. The normalized spacial score (nSPS) is 14.0. The highest BCUT2D eigenvalue weighted by Crippen LogP contribution is 2.68. The van der Waals surface area contributed by atoms with E-state index in [2.05, 4.69) is 178 Å². The van der Waals surface area contributed by atoms with Gasteiger partial charge in [-0.3, -0.25) is 7.94 Å². The summed E-state index contributed by atoms with van der Waals surface area (Å²) < 4.78 is 5.44. The smallest absolute Gasteiger partial charge is 0.0781 e. The molecule has 0 saturated heterocycles. The molecule has 0 fully saturated rings. The third-order valence-corrected chi connectivity index (χ3v) is 13.0. The van der Waals surface area contributed by atoms with E-state index in [1.807, 2.05) is 0 Å². The van der Waals surface area contributed by atoms with Gasteiger partial charge < -0.3 is 0 Å². The summed E-state index contributed by atoms with van der Waals surface area (Å²) in [5.41, 5.74) is 11.6. The van der Waals surface area contributed by atoms with Crippen molar-refractivity contribution >= 4 is 32.2 Å². The third-order valence-electron chi connectivity index (χ3n) is 9.23. The van der Waals surface area contributed by atoms with Gasteiger partial charge in [-0.05, 0) is 70.6 Å². The number of para-hydroxylation sites is 2. The molecule has 0 radical (unpaired) electrons. The van der Waals surface area contributed by atoms with Crippen molar-refractivity contribution in [1.29, 1.82) is 0 Å². The SMILES string of the molecule is c1ccc(-c2cccc(CCS3(c4cccc(-c5ccccc5)c4)n4c(cc5ccccc54)-c4cc5ccccc5n43)c2)cc1. The fourth-order valence-corrected chi connectivity index (χ4v) is 11.4. The molecule has 3 heterocycles. The molecule has 9 rings (SSSR count). The van der Waals surface area contributed by atoms with E-state index in [-0.39, 0.29) is 0 Å². The van der Waals surface area contributed by atoms with Crippen LogP contribution in [0.4, 0.5) is 0 Å². The first-order valence-electron chi connectivity index (χ1n) is 15.6. The van der Waals surface area contributed by atoms with E-state index in [9.17, 15) is 0 Å². The first-order chi connectivity index (χ1) is 22.3. The van der Waals surface area contributed by atoms with Gasteiger partial charge in [0.15, 0.2) is 0 Å². The third kappa shape index (κ3) is 4.12. The Labute approximate surface area is 265 Å². The first-order valence-corrected chi connectivity index (χ1v) is 17.3. The second kappa shape index (κ2) is 10.4. The second-order valence-corrected chi connectivity index (χ2v) is 14.8. The van der Waals surface area contributed by atoms with Crippen LogP contribution in [-0.4, -0.2) is 13.7 Å². The van der Waals surface area contributed by atoms with Gasteiger partial charge >= 0.3 is 0 Å². The molecule has 3 heteroatoms. The maximum Gasteiger partial charge on any atom is 0.0781 e. The maximum atomic E-state index is 2.72. The molecule has 0 bridgehead atoms. The number of hydrogen-bond acceptors (Lipinski definition) is 0. The van der Waals surface area contributed by atoms with Crippen LogP contribution in [0.1, 0.15) is 5.56 Å². The Balaban J connectivity index is 1.30. The largest absolute Gasteiger partial charge is 0.280 e. The Morgan fingerprint density at radius 3 is 1.49 bits per heavy atom. The van der Waals surface area contributed by atoms with Crippen LogP contribution in [0, 0.1) is 0 Å². The van der Waals surface area contributed by atoms with E-state index < -0.39 is 10.4 Å². The molecule has 216 valence electrons. The quantitative estimate of drug-likeness (QED) is 0.181. The van der Waals surface area contributed by atoms with Gasteiger partial charge in [0.1, 0.15) is 0 Å². The van der Waals surface area contributed by atoms with Crippen LogP contribution < -0.4 is 0 Å². The Hall–Kier alpha value is -5.25. The Morgan fingerprint density at radius 1 is 0.400 bits per heavy atom. The molecule has 0 unspecified atom stereocenters. The molecule has 1 aliphatic rings. The highest BCUT2D eigenvalue weighted by atomic mass is 32.3. The van der Waals surface area contributed by atoms with E-state index in [0.717, 1.165) is 12.2 Å². The van der Waals surface area contributed by atoms with Gasteiger partial charge in [0.05, 0.1) is 22.4 Å². The number of benzene rings is 6. The summed E-state index contributed by atoms with van der Waals surface area (Å²) in [6.07, 6.45) is 0.962. The molecule has 0 saturated carbocycles. The first kappa shape index (κ1) is 26.2. The Morgan fingerprint density at radius 2 is 0.889 bits per heavy atom. The zero-order valence-electron chi connectivity index (χ0n) is 24.9. The molecule has 1 aliphatic heterocycles. The summed E-state index contributed by atoms with van der Waals surface area (Å²) in [4.78, 5) is 1.38. The molecule has 0 spiro atoms. The van der Waals surface area contributed by atoms with Gasteiger partial charge in [0.2, 0.25) is 0 Å². The molecule has 45 heavy (non-hydrogen) atoms. The average Bonchev–Trinajstić information content (AvgIpc) is 3.77. The molecule has 0 amide bonds. The van der Waals surface area contributed by atoms with Crippen molar-refractivity contribution in [2.45, 2.75) is 11.3 Å². The van der Waals surface area contributed by atoms with Crippen LogP contribution in [-0.2, 0) is 6.42 Å². The molecule has 2 aromatic heterocycles. The highest BCUT2D eigenvalue weighted by Gasteiger charge is 2.42. The van der Waals surface area contributed by atoms with Crippen molar-refractivity contribution < 1.29 is 0 Å². The van der Waals surface area contributed by atoms with Crippen molar-refractivity contribution in [1.82, 2.24) is 7.94 Å². The Kier molecular flexibility index (Phi) is 6.07. The monoisotopic (exact) mass is 596 g/mol. The number of aryl methyl sites for hydroxylation is 1. The zero-order valence-corrected chi connectivity index (χ0v) is 25.7. The fraction of sp³-hybridized carbons (Fsp3) is 0.0476.